The van der Waals surface area contributed by atoms with Crippen molar-refractivity contribution in [3.05, 3.63) is 34.4 Å². The van der Waals surface area contributed by atoms with E-state index < -0.39 is 0 Å². The standard InChI is InChI=1S/C20H26N6O2/c1-12-3-6-16-15(9-12)18(23-22-16)20(28)25-7-2-8-26-14(11-25)10-17(24-26)19(27)21-13-4-5-13/h10,12-13H,2-9,11H2,1H3,(H,21,27)(H,22,23)/t12-/m0/s1. The second kappa shape index (κ2) is 6.76. The number of amides is 2. The van der Waals surface area contributed by atoms with E-state index in [1.54, 1.807) is 0 Å². The SMILES string of the molecule is C[C@H]1CCc2[nH]nc(C(=O)N3CCCn4nc(C(=O)NC5CC5)cc4C3)c2C1. The van der Waals surface area contributed by atoms with Crippen LogP contribution in [0.3, 0.4) is 0 Å². The van der Waals surface area contributed by atoms with Gasteiger partial charge in [-0.3, -0.25) is 19.4 Å². The number of fused-ring (bicyclic) bond motifs is 2. The Balaban J connectivity index is 1.36. The Kier molecular flexibility index (Phi) is 4.21. The van der Waals surface area contributed by atoms with E-state index in [-0.39, 0.29) is 11.8 Å². The van der Waals surface area contributed by atoms with Gasteiger partial charge in [0, 0.05) is 30.4 Å². The first kappa shape index (κ1) is 17.5. The molecule has 28 heavy (non-hydrogen) atoms. The summed E-state index contributed by atoms with van der Waals surface area (Å²) in [6, 6.07) is 2.13. The first-order valence-corrected chi connectivity index (χ1v) is 10.3. The first-order valence-electron chi connectivity index (χ1n) is 10.3. The number of carbonyl (C=O) groups excluding carboxylic acids is 2. The lowest BCUT2D eigenvalue weighted by atomic mass is 9.87. The number of aromatic amines is 1. The molecule has 2 aromatic heterocycles. The molecule has 8 heteroatoms. The minimum Gasteiger partial charge on any atom is -0.348 e. The summed E-state index contributed by atoms with van der Waals surface area (Å²) in [5.41, 5.74) is 4.12. The molecule has 2 N–H and O–H groups in total. The van der Waals surface area contributed by atoms with Crippen LogP contribution < -0.4 is 5.32 Å². The van der Waals surface area contributed by atoms with Gasteiger partial charge in [0.2, 0.25) is 0 Å². The highest BCUT2D eigenvalue weighted by Crippen LogP contribution is 2.27. The van der Waals surface area contributed by atoms with Crippen LogP contribution in [0, 0.1) is 5.92 Å². The summed E-state index contributed by atoms with van der Waals surface area (Å²) in [5.74, 6) is 0.441. The number of rotatable bonds is 3. The van der Waals surface area contributed by atoms with Gasteiger partial charge in [-0.15, -0.1) is 0 Å². The molecule has 2 aromatic rings. The Morgan fingerprint density at radius 3 is 2.93 bits per heavy atom. The van der Waals surface area contributed by atoms with Crippen molar-refractivity contribution >= 4 is 11.8 Å². The van der Waals surface area contributed by atoms with Crippen LogP contribution in [0.25, 0.3) is 0 Å². The molecule has 148 valence electrons. The average molecular weight is 382 g/mol. The number of aromatic nitrogens is 4. The molecule has 0 radical (unpaired) electrons. The van der Waals surface area contributed by atoms with E-state index in [0.717, 1.165) is 55.5 Å². The smallest absolute Gasteiger partial charge is 0.274 e. The van der Waals surface area contributed by atoms with E-state index in [1.807, 2.05) is 15.6 Å². The van der Waals surface area contributed by atoms with E-state index in [0.29, 0.717) is 43.0 Å². The lowest BCUT2D eigenvalue weighted by Crippen LogP contribution is -2.32. The van der Waals surface area contributed by atoms with E-state index in [4.69, 9.17) is 0 Å². The van der Waals surface area contributed by atoms with E-state index in [2.05, 4.69) is 27.5 Å². The zero-order chi connectivity index (χ0) is 19.3. The fourth-order valence-electron chi connectivity index (χ4n) is 4.23. The molecule has 0 aromatic carbocycles. The molecule has 1 atom stereocenters. The average Bonchev–Trinajstić information content (AvgIpc) is 3.32. The Morgan fingerprint density at radius 1 is 1.25 bits per heavy atom. The molecule has 2 aliphatic carbocycles. The molecular formula is C20H26N6O2. The molecule has 0 bridgehead atoms. The zero-order valence-electron chi connectivity index (χ0n) is 16.2. The van der Waals surface area contributed by atoms with Crippen LogP contribution in [0.5, 0.6) is 0 Å². The van der Waals surface area contributed by atoms with Crippen molar-refractivity contribution in [2.75, 3.05) is 6.54 Å². The molecule has 1 saturated carbocycles. The van der Waals surface area contributed by atoms with Crippen LogP contribution in [-0.2, 0) is 25.9 Å². The van der Waals surface area contributed by atoms with Crippen molar-refractivity contribution in [1.82, 2.24) is 30.2 Å². The molecule has 2 amide bonds. The minimum absolute atomic E-state index is 0.0229. The third-order valence-electron chi connectivity index (χ3n) is 6.04. The Morgan fingerprint density at radius 2 is 2.11 bits per heavy atom. The van der Waals surface area contributed by atoms with Gasteiger partial charge in [-0.2, -0.15) is 10.2 Å². The summed E-state index contributed by atoms with van der Waals surface area (Å²) in [6.45, 7) is 4.07. The molecule has 1 fully saturated rings. The third kappa shape index (κ3) is 3.21. The second-order valence-corrected chi connectivity index (χ2v) is 8.45. The zero-order valence-corrected chi connectivity index (χ0v) is 16.2. The molecular weight excluding hydrogens is 356 g/mol. The molecule has 3 heterocycles. The van der Waals surface area contributed by atoms with Gasteiger partial charge >= 0.3 is 0 Å². The minimum atomic E-state index is -0.115. The molecule has 1 aliphatic heterocycles. The van der Waals surface area contributed by atoms with E-state index in [9.17, 15) is 9.59 Å². The highest BCUT2D eigenvalue weighted by atomic mass is 16.2. The lowest BCUT2D eigenvalue weighted by molar-refractivity contribution is 0.0738. The third-order valence-corrected chi connectivity index (χ3v) is 6.04. The first-order chi connectivity index (χ1) is 13.6. The van der Waals surface area contributed by atoms with Gasteiger partial charge < -0.3 is 10.2 Å². The van der Waals surface area contributed by atoms with Crippen molar-refractivity contribution in [3.63, 3.8) is 0 Å². The predicted molar refractivity (Wildman–Crippen MR) is 102 cm³/mol. The van der Waals surface area contributed by atoms with E-state index >= 15 is 0 Å². The van der Waals surface area contributed by atoms with Gasteiger partial charge in [-0.25, -0.2) is 0 Å². The topological polar surface area (TPSA) is 95.9 Å². The lowest BCUT2D eigenvalue weighted by Gasteiger charge is -2.22. The number of carbonyl (C=O) groups is 2. The van der Waals surface area contributed by atoms with Gasteiger partial charge in [-0.1, -0.05) is 6.92 Å². The van der Waals surface area contributed by atoms with Crippen molar-refractivity contribution < 1.29 is 9.59 Å². The maximum Gasteiger partial charge on any atom is 0.274 e. The van der Waals surface area contributed by atoms with Crippen LogP contribution in [0.2, 0.25) is 0 Å². The van der Waals surface area contributed by atoms with Crippen molar-refractivity contribution in [3.8, 4) is 0 Å². The number of H-pyrrole nitrogens is 1. The summed E-state index contributed by atoms with van der Waals surface area (Å²) in [6.07, 6.45) is 5.92. The van der Waals surface area contributed by atoms with Gasteiger partial charge in [0.15, 0.2) is 11.4 Å². The molecule has 3 aliphatic rings. The van der Waals surface area contributed by atoms with Gasteiger partial charge in [0.1, 0.15) is 0 Å². The molecule has 0 saturated heterocycles. The van der Waals surface area contributed by atoms with Gasteiger partial charge in [0.05, 0.1) is 12.2 Å². The fourth-order valence-corrected chi connectivity index (χ4v) is 4.23. The monoisotopic (exact) mass is 382 g/mol. The Labute approximate surface area is 163 Å². The summed E-state index contributed by atoms with van der Waals surface area (Å²) in [7, 11) is 0. The quantitative estimate of drug-likeness (QED) is 0.844. The summed E-state index contributed by atoms with van der Waals surface area (Å²) in [5, 5.41) is 14.9. The Hall–Kier alpha value is -2.64. The molecule has 0 unspecified atom stereocenters. The predicted octanol–water partition coefficient (Wildman–Crippen LogP) is 1.67. The van der Waals surface area contributed by atoms with Crippen LogP contribution >= 0.6 is 0 Å². The summed E-state index contributed by atoms with van der Waals surface area (Å²) < 4.78 is 1.87. The highest BCUT2D eigenvalue weighted by Gasteiger charge is 2.30. The van der Waals surface area contributed by atoms with Crippen molar-refractivity contribution in [2.45, 2.75) is 64.6 Å². The summed E-state index contributed by atoms with van der Waals surface area (Å²) >= 11 is 0. The second-order valence-electron chi connectivity index (χ2n) is 8.45. The van der Waals surface area contributed by atoms with Crippen LogP contribution in [0.1, 0.15) is 70.5 Å². The number of hydrogen-bond donors (Lipinski definition) is 2. The highest BCUT2D eigenvalue weighted by molar-refractivity contribution is 5.94. The maximum atomic E-state index is 13.2. The number of nitrogens with zero attached hydrogens (tertiary/aromatic N) is 4. The molecule has 8 nitrogen and oxygen atoms in total. The van der Waals surface area contributed by atoms with Crippen molar-refractivity contribution in [1.29, 1.82) is 0 Å². The largest absolute Gasteiger partial charge is 0.348 e. The maximum absolute atomic E-state index is 13.2. The molecule has 0 spiro atoms. The molecule has 5 rings (SSSR count). The number of hydrogen-bond acceptors (Lipinski definition) is 4. The number of nitrogens with one attached hydrogen (secondary N) is 2. The van der Waals surface area contributed by atoms with Gasteiger partial charge in [0.25, 0.3) is 11.8 Å². The van der Waals surface area contributed by atoms with Gasteiger partial charge in [-0.05, 0) is 50.5 Å². The van der Waals surface area contributed by atoms with Crippen molar-refractivity contribution in [2.24, 2.45) is 5.92 Å². The van der Waals surface area contributed by atoms with Crippen LogP contribution in [0.15, 0.2) is 6.07 Å². The normalized spacial score (nSPS) is 21.6. The fraction of sp³-hybridized carbons (Fsp3) is 0.600. The summed E-state index contributed by atoms with van der Waals surface area (Å²) in [4.78, 5) is 27.4. The Bertz CT molecular complexity index is 925. The van der Waals surface area contributed by atoms with Crippen LogP contribution in [0.4, 0.5) is 0 Å². The van der Waals surface area contributed by atoms with E-state index in [1.165, 1.54) is 0 Å². The van der Waals surface area contributed by atoms with Crippen LogP contribution in [-0.4, -0.2) is 49.3 Å². The number of aryl methyl sites for hydroxylation is 2.